The van der Waals surface area contributed by atoms with E-state index in [1.54, 1.807) is 6.07 Å². The van der Waals surface area contributed by atoms with Crippen molar-refractivity contribution >= 4 is 11.0 Å². The molecule has 0 spiro atoms. The number of alkyl halides is 3. The Morgan fingerprint density at radius 3 is 1.75 bits per heavy atom. The highest BCUT2D eigenvalue weighted by Crippen LogP contribution is 2.35. The van der Waals surface area contributed by atoms with Gasteiger partial charge in [0.1, 0.15) is 0 Å². The molecule has 0 unspecified atom stereocenters. The van der Waals surface area contributed by atoms with E-state index in [9.17, 15) is 13.2 Å². The predicted octanol–water partition coefficient (Wildman–Crippen LogP) is 6.60. The average molecular weight is 378 g/mol. The maximum atomic E-state index is 13.2. The first kappa shape index (κ1) is 18.2. The van der Waals surface area contributed by atoms with Crippen LogP contribution < -0.4 is 0 Å². The van der Waals surface area contributed by atoms with Crippen molar-refractivity contribution in [2.24, 2.45) is 0 Å². The van der Waals surface area contributed by atoms with E-state index in [1.165, 1.54) is 6.07 Å². The molecule has 0 amide bonds. The summed E-state index contributed by atoms with van der Waals surface area (Å²) in [6.45, 7) is 3.98. The maximum Gasteiger partial charge on any atom is 0.416 e. The molecule has 0 saturated carbocycles. The van der Waals surface area contributed by atoms with E-state index in [0.717, 1.165) is 34.3 Å². The maximum absolute atomic E-state index is 13.2. The molecular weight excluding hydrogens is 361 g/mol. The topological polar surface area (TPSA) is 25.8 Å². The van der Waals surface area contributed by atoms with Crippen molar-refractivity contribution < 1.29 is 13.2 Å². The lowest BCUT2D eigenvalue weighted by molar-refractivity contribution is -0.137. The van der Waals surface area contributed by atoms with Gasteiger partial charge in [0.05, 0.1) is 28.0 Å². The van der Waals surface area contributed by atoms with Crippen molar-refractivity contribution in [2.45, 2.75) is 20.0 Å². The predicted molar refractivity (Wildman–Crippen MR) is 105 cm³/mol. The molecule has 0 bridgehead atoms. The summed E-state index contributed by atoms with van der Waals surface area (Å²) in [4.78, 5) is 9.49. The van der Waals surface area contributed by atoms with Crippen LogP contribution in [0.3, 0.4) is 0 Å². The zero-order valence-electron chi connectivity index (χ0n) is 15.4. The molecule has 1 aromatic heterocycles. The van der Waals surface area contributed by atoms with Gasteiger partial charge in [-0.1, -0.05) is 42.5 Å². The van der Waals surface area contributed by atoms with Crippen LogP contribution in [0.1, 0.15) is 16.7 Å². The summed E-state index contributed by atoms with van der Waals surface area (Å²) in [6.07, 6.45) is -4.42. The zero-order chi connectivity index (χ0) is 19.9. The molecule has 5 heteroatoms. The van der Waals surface area contributed by atoms with E-state index < -0.39 is 11.7 Å². The minimum absolute atomic E-state index is 0.390. The van der Waals surface area contributed by atoms with Crippen molar-refractivity contribution in [3.63, 3.8) is 0 Å². The molecule has 4 aromatic rings. The fourth-order valence-electron chi connectivity index (χ4n) is 3.15. The molecule has 140 valence electrons. The highest BCUT2D eigenvalue weighted by Gasteiger charge is 2.30. The molecule has 0 radical (unpaired) electrons. The number of nitrogens with zero attached hydrogens (tertiary/aromatic N) is 2. The van der Waals surface area contributed by atoms with Gasteiger partial charge in [-0.25, -0.2) is 9.97 Å². The Hall–Kier alpha value is -3.21. The molecule has 0 saturated heterocycles. The lowest BCUT2D eigenvalue weighted by Gasteiger charge is -2.13. The number of aryl methyl sites for hydroxylation is 2. The smallest absolute Gasteiger partial charge is 0.244 e. The summed E-state index contributed by atoms with van der Waals surface area (Å²) in [7, 11) is 0. The summed E-state index contributed by atoms with van der Waals surface area (Å²) in [6, 6.07) is 18.5. The van der Waals surface area contributed by atoms with Gasteiger partial charge < -0.3 is 0 Å². The number of rotatable bonds is 2. The first-order chi connectivity index (χ1) is 13.3. The highest BCUT2D eigenvalue weighted by atomic mass is 19.4. The fourth-order valence-corrected chi connectivity index (χ4v) is 3.15. The standard InChI is InChI=1S/C23H17F3N2/c1-14-11-19-20(12-15(14)2)28-22(21(27-19)16-7-4-3-5-8-16)17-9-6-10-18(13-17)23(24,25)26/h3-13H,1-2H3. The SMILES string of the molecule is Cc1cc2nc(-c3ccccc3)c(-c3cccc(C(F)(F)F)c3)nc2cc1C. The lowest BCUT2D eigenvalue weighted by atomic mass is 10.0. The molecule has 0 atom stereocenters. The van der Waals surface area contributed by atoms with E-state index in [0.29, 0.717) is 22.5 Å². The number of fused-ring (bicyclic) bond motifs is 1. The van der Waals surface area contributed by atoms with Crippen molar-refractivity contribution in [3.05, 3.63) is 83.4 Å². The van der Waals surface area contributed by atoms with Crippen LogP contribution in [0.15, 0.2) is 66.7 Å². The van der Waals surface area contributed by atoms with Crippen LogP contribution in [-0.4, -0.2) is 9.97 Å². The van der Waals surface area contributed by atoms with Crippen LogP contribution in [0.25, 0.3) is 33.5 Å². The minimum Gasteiger partial charge on any atom is -0.244 e. The third-order valence-corrected chi connectivity index (χ3v) is 4.79. The highest BCUT2D eigenvalue weighted by molar-refractivity contribution is 5.87. The first-order valence-corrected chi connectivity index (χ1v) is 8.85. The third-order valence-electron chi connectivity index (χ3n) is 4.79. The Morgan fingerprint density at radius 2 is 1.18 bits per heavy atom. The summed E-state index contributed by atoms with van der Waals surface area (Å²) in [5, 5.41) is 0. The first-order valence-electron chi connectivity index (χ1n) is 8.85. The molecule has 0 aliphatic rings. The molecule has 2 nitrogen and oxygen atoms in total. The van der Waals surface area contributed by atoms with Gasteiger partial charge >= 0.3 is 6.18 Å². The zero-order valence-corrected chi connectivity index (χ0v) is 15.4. The fraction of sp³-hybridized carbons (Fsp3) is 0.130. The second-order valence-electron chi connectivity index (χ2n) is 6.79. The van der Waals surface area contributed by atoms with Gasteiger partial charge in [-0.2, -0.15) is 13.2 Å². The van der Waals surface area contributed by atoms with E-state index in [4.69, 9.17) is 9.97 Å². The van der Waals surface area contributed by atoms with Gasteiger partial charge in [0.25, 0.3) is 0 Å². The Morgan fingerprint density at radius 1 is 0.643 bits per heavy atom. The summed E-state index contributed by atoms with van der Waals surface area (Å²) in [5.41, 5.74) is 5.03. The number of aromatic nitrogens is 2. The summed E-state index contributed by atoms with van der Waals surface area (Å²) in [5.74, 6) is 0. The molecule has 0 aliphatic heterocycles. The van der Waals surface area contributed by atoms with Gasteiger partial charge in [0, 0.05) is 11.1 Å². The lowest BCUT2D eigenvalue weighted by Crippen LogP contribution is -2.05. The van der Waals surface area contributed by atoms with Crippen molar-refractivity contribution in [1.29, 1.82) is 0 Å². The normalized spacial score (nSPS) is 11.8. The van der Waals surface area contributed by atoms with Crippen LogP contribution in [0, 0.1) is 13.8 Å². The number of benzene rings is 3. The molecule has 28 heavy (non-hydrogen) atoms. The Labute approximate surface area is 160 Å². The molecule has 1 heterocycles. The third kappa shape index (κ3) is 3.36. The van der Waals surface area contributed by atoms with E-state index >= 15 is 0 Å². The Bertz CT molecular complexity index is 1170. The number of hydrogen-bond acceptors (Lipinski definition) is 2. The van der Waals surface area contributed by atoms with Crippen LogP contribution in [-0.2, 0) is 6.18 Å². The molecule has 0 N–H and O–H groups in total. The largest absolute Gasteiger partial charge is 0.416 e. The van der Waals surface area contributed by atoms with E-state index in [-0.39, 0.29) is 0 Å². The second-order valence-corrected chi connectivity index (χ2v) is 6.79. The van der Waals surface area contributed by atoms with Gasteiger partial charge in [-0.3, -0.25) is 0 Å². The van der Waals surface area contributed by atoms with Crippen molar-refractivity contribution in [2.75, 3.05) is 0 Å². The number of halogens is 3. The van der Waals surface area contributed by atoms with Gasteiger partial charge in [0.2, 0.25) is 0 Å². The second kappa shape index (κ2) is 6.75. The quantitative estimate of drug-likeness (QED) is 0.393. The van der Waals surface area contributed by atoms with Crippen LogP contribution in [0.4, 0.5) is 13.2 Å². The van der Waals surface area contributed by atoms with Gasteiger partial charge in [-0.15, -0.1) is 0 Å². The number of hydrogen-bond donors (Lipinski definition) is 0. The summed E-state index contributed by atoms with van der Waals surface area (Å²) >= 11 is 0. The van der Waals surface area contributed by atoms with Crippen LogP contribution in [0.2, 0.25) is 0 Å². The molecule has 4 rings (SSSR count). The monoisotopic (exact) mass is 378 g/mol. The van der Waals surface area contributed by atoms with Crippen LogP contribution in [0.5, 0.6) is 0 Å². The average Bonchev–Trinajstić information content (AvgIpc) is 2.68. The Balaban J connectivity index is 2.02. The van der Waals surface area contributed by atoms with E-state index in [2.05, 4.69) is 0 Å². The Kier molecular flexibility index (Phi) is 4.38. The van der Waals surface area contributed by atoms with Gasteiger partial charge in [0.15, 0.2) is 0 Å². The summed E-state index contributed by atoms with van der Waals surface area (Å²) < 4.78 is 39.7. The van der Waals surface area contributed by atoms with E-state index in [1.807, 2.05) is 56.3 Å². The minimum atomic E-state index is -4.42. The van der Waals surface area contributed by atoms with Crippen molar-refractivity contribution in [1.82, 2.24) is 9.97 Å². The van der Waals surface area contributed by atoms with Crippen molar-refractivity contribution in [3.8, 4) is 22.5 Å². The molecule has 0 fully saturated rings. The molecule has 3 aromatic carbocycles. The molecular formula is C23H17F3N2. The van der Waals surface area contributed by atoms with Gasteiger partial charge in [-0.05, 0) is 49.2 Å². The van der Waals surface area contributed by atoms with Crippen LogP contribution >= 0.6 is 0 Å². The molecule has 0 aliphatic carbocycles.